The van der Waals surface area contributed by atoms with Gasteiger partial charge in [-0.1, -0.05) is 30.3 Å². The largest absolute Gasteiger partial charge is 0.492 e. The number of ether oxygens (including phenoxy) is 1. The van der Waals surface area contributed by atoms with E-state index in [1.165, 1.54) is 0 Å². The highest BCUT2D eigenvalue weighted by Crippen LogP contribution is 2.12. The van der Waals surface area contributed by atoms with Crippen LogP contribution in [0.5, 0.6) is 5.75 Å². The topological polar surface area (TPSA) is 60.2 Å². The van der Waals surface area contributed by atoms with Crippen LogP contribution in [0, 0.1) is 0 Å². The van der Waals surface area contributed by atoms with E-state index in [-0.39, 0.29) is 0 Å². The first kappa shape index (κ1) is 12.6. The van der Waals surface area contributed by atoms with Crippen LogP contribution in [0.25, 0.3) is 0 Å². The summed E-state index contributed by atoms with van der Waals surface area (Å²) in [5.41, 5.74) is 0.609. The molecule has 0 aliphatic rings. The summed E-state index contributed by atoms with van der Waals surface area (Å²) in [5.74, 6) is 0.839. The van der Waals surface area contributed by atoms with Gasteiger partial charge in [-0.2, -0.15) is 0 Å². The van der Waals surface area contributed by atoms with Gasteiger partial charge < -0.3 is 9.84 Å². The van der Waals surface area contributed by atoms with Crippen molar-refractivity contribution in [2.24, 2.45) is 0 Å². The summed E-state index contributed by atoms with van der Waals surface area (Å²) in [6.07, 6.45) is 1.86. The average molecular weight is 247 g/mol. The first-order valence-electron chi connectivity index (χ1n) is 6.05. The number of rotatable bonds is 6. The molecule has 1 unspecified atom stereocenters. The Bertz CT molecular complexity index is 470. The summed E-state index contributed by atoms with van der Waals surface area (Å²) in [7, 11) is 0. The number of para-hydroxylation sites is 1. The highest BCUT2D eigenvalue weighted by atomic mass is 16.5. The van der Waals surface area contributed by atoms with E-state index >= 15 is 0 Å². The molecule has 1 aromatic heterocycles. The molecule has 1 N–H and O–H groups in total. The minimum absolute atomic E-state index is 0.523. The van der Waals surface area contributed by atoms with Crippen molar-refractivity contribution in [1.29, 1.82) is 0 Å². The van der Waals surface area contributed by atoms with E-state index in [0.717, 1.165) is 5.75 Å². The number of aliphatic hydroxyl groups excluding tert-OH is 1. The fourth-order valence-electron chi connectivity index (χ4n) is 1.56. The van der Waals surface area contributed by atoms with Gasteiger partial charge in [0, 0.05) is 0 Å². The maximum atomic E-state index is 9.60. The maximum Gasteiger partial charge on any atom is 0.119 e. The number of aromatic nitrogens is 3. The normalized spacial score (nSPS) is 12.3. The zero-order valence-electron chi connectivity index (χ0n) is 10.4. The fraction of sp³-hybridized carbons (Fsp3) is 0.385. The zero-order valence-corrected chi connectivity index (χ0v) is 10.4. The first-order valence-corrected chi connectivity index (χ1v) is 6.05. The molecule has 18 heavy (non-hydrogen) atoms. The lowest BCUT2D eigenvalue weighted by Gasteiger charge is -2.05. The predicted octanol–water partition coefficient (Wildman–Crippen LogP) is 1.80. The van der Waals surface area contributed by atoms with E-state index in [1.807, 2.05) is 37.3 Å². The van der Waals surface area contributed by atoms with Crippen molar-refractivity contribution in [3.8, 4) is 5.75 Å². The lowest BCUT2D eigenvalue weighted by atomic mass is 10.2. The molecule has 1 atom stereocenters. The Labute approximate surface area is 106 Å². The van der Waals surface area contributed by atoms with Crippen LogP contribution in [-0.2, 0) is 6.54 Å². The Morgan fingerprint density at radius 2 is 2.11 bits per heavy atom. The molecule has 0 spiro atoms. The third-order valence-corrected chi connectivity index (χ3v) is 2.62. The van der Waals surface area contributed by atoms with Crippen LogP contribution in [0.15, 0.2) is 36.5 Å². The lowest BCUT2D eigenvalue weighted by Crippen LogP contribution is -2.08. The van der Waals surface area contributed by atoms with Gasteiger partial charge in [-0.15, -0.1) is 5.10 Å². The van der Waals surface area contributed by atoms with Crippen LogP contribution >= 0.6 is 0 Å². The van der Waals surface area contributed by atoms with E-state index in [4.69, 9.17) is 4.74 Å². The van der Waals surface area contributed by atoms with E-state index in [1.54, 1.807) is 10.9 Å². The number of nitrogens with zero attached hydrogens (tertiary/aromatic N) is 3. The van der Waals surface area contributed by atoms with Crippen molar-refractivity contribution in [1.82, 2.24) is 15.0 Å². The Kier molecular flexibility index (Phi) is 4.30. The van der Waals surface area contributed by atoms with Crippen LogP contribution in [-0.4, -0.2) is 26.7 Å². The van der Waals surface area contributed by atoms with Crippen molar-refractivity contribution < 1.29 is 9.84 Å². The molecule has 0 saturated carbocycles. The van der Waals surface area contributed by atoms with Gasteiger partial charge in [0.2, 0.25) is 0 Å². The third kappa shape index (κ3) is 3.30. The van der Waals surface area contributed by atoms with Crippen molar-refractivity contribution in [3.05, 3.63) is 42.2 Å². The molecule has 96 valence electrons. The fourth-order valence-corrected chi connectivity index (χ4v) is 1.56. The first-order chi connectivity index (χ1) is 8.79. The van der Waals surface area contributed by atoms with Gasteiger partial charge in [-0.05, 0) is 18.6 Å². The highest BCUT2D eigenvalue weighted by Gasteiger charge is 2.09. The molecule has 0 saturated heterocycles. The number of aliphatic hydroxyl groups is 1. The third-order valence-electron chi connectivity index (χ3n) is 2.62. The molecule has 0 bridgehead atoms. The second-order valence-electron chi connectivity index (χ2n) is 3.99. The van der Waals surface area contributed by atoms with Gasteiger partial charge in [-0.25, -0.2) is 4.68 Å². The predicted molar refractivity (Wildman–Crippen MR) is 67.2 cm³/mol. The van der Waals surface area contributed by atoms with E-state index in [9.17, 15) is 5.11 Å². The van der Waals surface area contributed by atoms with Gasteiger partial charge in [0.15, 0.2) is 0 Å². The van der Waals surface area contributed by atoms with Gasteiger partial charge >= 0.3 is 0 Å². The minimum Gasteiger partial charge on any atom is -0.492 e. The Hall–Kier alpha value is -1.88. The quantitative estimate of drug-likeness (QED) is 0.845. The van der Waals surface area contributed by atoms with E-state index < -0.39 is 6.10 Å². The lowest BCUT2D eigenvalue weighted by molar-refractivity contribution is 0.168. The van der Waals surface area contributed by atoms with Crippen molar-refractivity contribution in [2.45, 2.75) is 26.0 Å². The number of benzene rings is 1. The van der Waals surface area contributed by atoms with Crippen molar-refractivity contribution in [3.63, 3.8) is 0 Å². The van der Waals surface area contributed by atoms with E-state index in [0.29, 0.717) is 25.3 Å². The standard InChI is InChI=1S/C13H17N3O2/c1-2-13(17)12-10-16(15-14-12)8-9-18-11-6-4-3-5-7-11/h3-7,10,13,17H,2,8-9H2,1H3. The molecule has 1 heterocycles. The molecule has 0 amide bonds. The number of hydrogen-bond acceptors (Lipinski definition) is 4. The minimum atomic E-state index is -0.534. The van der Waals surface area contributed by atoms with Crippen LogP contribution in [0.4, 0.5) is 0 Å². The second-order valence-corrected chi connectivity index (χ2v) is 3.99. The number of hydrogen-bond donors (Lipinski definition) is 1. The van der Waals surface area contributed by atoms with Crippen molar-refractivity contribution >= 4 is 0 Å². The molecule has 0 fully saturated rings. The smallest absolute Gasteiger partial charge is 0.119 e. The molecule has 5 nitrogen and oxygen atoms in total. The summed E-state index contributed by atoms with van der Waals surface area (Å²) in [6, 6.07) is 9.63. The van der Waals surface area contributed by atoms with Crippen LogP contribution < -0.4 is 4.74 Å². The molecule has 1 aromatic carbocycles. The Morgan fingerprint density at radius 3 is 2.83 bits per heavy atom. The van der Waals surface area contributed by atoms with Gasteiger partial charge in [0.25, 0.3) is 0 Å². The van der Waals surface area contributed by atoms with Gasteiger partial charge in [-0.3, -0.25) is 0 Å². The molecule has 2 rings (SSSR count). The SMILES string of the molecule is CCC(O)c1cn(CCOc2ccccc2)nn1. The van der Waals surface area contributed by atoms with Crippen LogP contribution in [0.2, 0.25) is 0 Å². The average Bonchev–Trinajstić information content (AvgIpc) is 2.88. The summed E-state index contributed by atoms with van der Waals surface area (Å²) < 4.78 is 7.23. The monoisotopic (exact) mass is 247 g/mol. The molecule has 0 aliphatic heterocycles. The van der Waals surface area contributed by atoms with Crippen LogP contribution in [0.1, 0.15) is 25.1 Å². The van der Waals surface area contributed by atoms with Crippen LogP contribution in [0.3, 0.4) is 0 Å². The molecule has 2 aromatic rings. The summed E-state index contributed by atoms with van der Waals surface area (Å²) in [4.78, 5) is 0. The highest BCUT2D eigenvalue weighted by molar-refractivity contribution is 5.20. The summed E-state index contributed by atoms with van der Waals surface area (Å²) >= 11 is 0. The Morgan fingerprint density at radius 1 is 1.33 bits per heavy atom. The zero-order chi connectivity index (χ0) is 12.8. The maximum absolute atomic E-state index is 9.60. The second kappa shape index (κ2) is 6.16. The van der Waals surface area contributed by atoms with Gasteiger partial charge in [0.1, 0.15) is 18.1 Å². The summed E-state index contributed by atoms with van der Waals surface area (Å²) in [5, 5.41) is 17.5. The molecule has 0 aliphatic carbocycles. The molecule has 5 heteroatoms. The van der Waals surface area contributed by atoms with E-state index in [2.05, 4.69) is 10.3 Å². The Balaban J connectivity index is 1.82. The van der Waals surface area contributed by atoms with Gasteiger partial charge in [0.05, 0.1) is 18.8 Å². The molecular weight excluding hydrogens is 230 g/mol. The van der Waals surface area contributed by atoms with Crippen molar-refractivity contribution in [2.75, 3.05) is 6.61 Å². The molecule has 0 radical (unpaired) electrons. The summed E-state index contributed by atoms with van der Waals surface area (Å²) in [6.45, 7) is 3.04. The molecular formula is C13H17N3O2.